The molecule has 0 saturated carbocycles. The zero-order chi connectivity index (χ0) is 12.5. The van der Waals surface area contributed by atoms with E-state index in [1.807, 2.05) is 13.8 Å². The predicted octanol–water partition coefficient (Wildman–Crippen LogP) is -0.277. The Bertz CT molecular complexity index is 322. The van der Waals surface area contributed by atoms with E-state index in [-0.39, 0.29) is 17.7 Å². The van der Waals surface area contributed by atoms with Crippen molar-refractivity contribution in [3.05, 3.63) is 0 Å². The van der Waals surface area contributed by atoms with Gasteiger partial charge in [-0.3, -0.25) is 9.59 Å². The molecular formula is C12H21N3O2. The number of carbonyl (C=O) groups is 2. The van der Waals surface area contributed by atoms with E-state index in [1.54, 1.807) is 4.90 Å². The zero-order valence-corrected chi connectivity index (χ0v) is 10.6. The lowest BCUT2D eigenvalue weighted by atomic mass is 9.92. The molecule has 5 heteroatoms. The van der Waals surface area contributed by atoms with Crippen molar-refractivity contribution >= 4 is 11.8 Å². The Morgan fingerprint density at radius 2 is 2.18 bits per heavy atom. The molecule has 0 aromatic carbocycles. The lowest BCUT2D eigenvalue weighted by Crippen LogP contribution is -2.64. The van der Waals surface area contributed by atoms with Gasteiger partial charge >= 0.3 is 0 Å². The number of amides is 2. The number of nitrogens with one attached hydrogen (secondary N) is 2. The van der Waals surface area contributed by atoms with Crippen LogP contribution in [-0.2, 0) is 9.59 Å². The van der Waals surface area contributed by atoms with Crippen molar-refractivity contribution in [3.8, 4) is 0 Å². The minimum Gasteiger partial charge on any atom is -0.352 e. The number of nitrogens with zero attached hydrogens (tertiary/aromatic N) is 1. The summed E-state index contributed by atoms with van der Waals surface area (Å²) >= 11 is 0. The molecule has 0 spiro atoms. The molecule has 2 N–H and O–H groups in total. The summed E-state index contributed by atoms with van der Waals surface area (Å²) in [5.74, 6) is 0.104. The standard InChI is InChI=1S/C12H21N3O2/c1-12(2)11(17)14-6-7-15(12)10(16)9-4-3-5-13-8-9/h9,13H,3-8H2,1-2H3,(H,14,17). The monoisotopic (exact) mass is 239 g/mol. The zero-order valence-electron chi connectivity index (χ0n) is 10.6. The Balaban J connectivity index is 2.09. The van der Waals surface area contributed by atoms with Crippen molar-refractivity contribution < 1.29 is 9.59 Å². The quantitative estimate of drug-likeness (QED) is 0.662. The first-order chi connectivity index (χ1) is 8.03. The summed E-state index contributed by atoms with van der Waals surface area (Å²) in [7, 11) is 0. The Morgan fingerprint density at radius 1 is 1.41 bits per heavy atom. The van der Waals surface area contributed by atoms with Crippen LogP contribution in [0.15, 0.2) is 0 Å². The molecule has 2 saturated heterocycles. The molecule has 17 heavy (non-hydrogen) atoms. The van der Waals surface area contributed by atoms with Crippen LogP contribution in [0, 0.1) is 5.92 Å². The first-order valence-corrected chi connectivity index (χ1v) is 6.34. The minimum atomic E-state index is -0.715. The van der Waals surface area contributed by atoms with Crippen molar-refractivity contribution in [1.82, 2.24) is 15.5 Å². The Morgan fingerprint density at radius 3 is 2.82 bits per heavy atom. The number of piperazine rings is 1. The van der Waals surface area contributed by atoms with Gasteiger partial charge in [-0.1, -0.05) is 0 Å². The maximum absolute atomic E-state index is 12.4. The van der Waals surface area contributed by atoms with E-state index in [0.29, 0.717) is 13.1 Å². The molecular weight excluding hydrogens is 218 g/mol. The van der Waals surface area contributed by atoms with Gasteiger partial charge in [0.25, 0.3) is 0 Å². The summed E-state index contributed by atoms with van der Waals surface area (Å²) in [6, 6.07) is 0. The fourth-order valence-corrected chi connectivity index (χ4v) is 2.57. The van der Waals surface area contributed by atoms with Gasteiger partial charge in [0.1, 0.15) is 5.54 Å². The molecule has 2 rings (SSSR count). The van der Waals surface area contributed by atoms with E-state index in [0.717, 1.165) is 25.9 Å². The summed E-state index contributed by atoms with van der Waals surface area (Å²) < 4.78 is 0. The fourth-order valence-electron chi connectivity index (χ4n) is 2.57. The number of rotatable bonds is 1. The lowest BCUT2D eigenvalue weighted by Gasteiger charge is -2.43. The van der Waals surface area contributed by atoms with E-state index < -0.39 is 5.54 Å². The Labute approximate surface area is 102 Å². The smallest absolute Gasteiger partial charge is 0.245 e. The molecule has 2 fully saturated rings. The summed E-state index contributed by atoms with van der Waals surface area (Å²) in [5, 5.41) is 6.06. The second-order valence-electron chi connectivity index (χ2n) is 5.35. The molecule has 1 unspecified atom stereocenters. The molecule has 0 aromatic heterocycles. The topological polar surface area (TPSA) is 61.4 Å². The van der Waals surface area contributed by atoms with Crippen molar-refractivity contribution in [2.24, 2.45) is 5.92 Å². The fraction of sp³-hybridized carbons (Fsp3) is 0.833. The number of hydrogen-bond acceptors (Lipinski definition) is 3. The highest BCUT2D eigenvalue weighted by atomic mass is 16.2. The van der Waals surface area contributed by atoms with Crippen molar-refractivity contribution in [3.63, 3.8) is 0 Å². The third kappa shape index (κ3) is 2.29. The minimum absolute atomic E-state index is 0.0360. The van der Waals surface area contributed by atoms with Crippen LogP contribution in [0.2, 0.25) is 0 Å². The van der Waals surface area contributed by atoms with Crippen molar-refractivity contribution in [2.75, 3.05) is 26.2 Å². The second-order valence-corrected chi connectivity index (χ2v) is 5.35. The van der Waals surface area contributed by atoms with Gasteiger partial charge < -0.3 is 15.5 Å². The van der Waals surface area contributed by atoms with Gasteiger partial charge in [-0.25, -0.2) is 0 Å². The van der Waals surface area contributed by atoms with Gasteiger partial charge in [0.2, 0.25) is 11.8 Å². The van der Waals surface area contributed by atoms with E-state index in [4.69, 9.17) is 0 Å². The van der Waals surface area contributed by atoms with Crippen LogP contribution >= 0.6 is 0 Å². The average Bonchev–Trinajstić information content (AvgIpc) is 2.33. The summed E-state index contributed by atoms with van der Waals surface area (Å²) in [5.41, 5.74) is -0.715. The highest BCUT2D eigenvalue weighted by Gasteiger charge is 2.42. The molecule has 0 aromatic rings. The third-order valence-electron chi connectivity index (χ3n) is 3.76. The molecule has 2 aliphatic heterocycles. The molecule has 2 aliphatic rings. The summed E-state index contributed by atoms with van der Waals surface area (Å²) in [6.07, 6.45) is 1.97. The number of carbonyl (C=O) groups excluding carboxylic acids is 2. The average molecular weight is 239 g/mol. The molecule has 1 atom stereocenters. The van der Waals surface area contributed by atoms with Gasteiger partial charge in [-0.15, -0.1) is 0 Å². The van der Waals surface area contributed by atoms with Gasteiger partial charge in [-0.2, -0.15) is 0 Å². The molecule has 96 valence electrons. The lowest BCUT2D eigenvalue weighted by molar-refractivity contribution is -0.152. The highest BCUT2D eigenvalue weighted by Crippen LogP contribution is 2.22. The van der Waals surface area contributed by atoms with E-state index in [1.165, 1.54) is 0 Å². The molecule has 0 bridgehead atoms. The Hall–Kier alpha value is -1.10. The van der Waals surface area contributed by atoms with Crippen LogP contribution in [-0.4, -0.2) is 48.4 Å². The van der Waals surface area contributed by atoms with Crippen LogP contribution in [0.25, 0.3) is 0 Å². The predicted molar refractivity (Wildman–Crippen MR) is 64.4 cm³/mol. The molecule has 0 radical (unpaired) electrons. The maximum Gasteiger partial charge on any atom is 0.245 e. The molecule has 5 nitrogen and oxygen atoms in total. The van der Waals surface area contributed by atoms with E-state index in [2.05, 4.69) is 10.6 Å². The molecule has 2 amide bonds. The maximum atomic E-state index is 12.4. The second kappa shape index (κ2) is 4.64. The number of piperidine rings is 1. The highest BCUT2D eigenvalue weighted by molar-refractivity contribution is 5.92. The van der Waals surface area contributed by atoms with Crippen LogP contribution in [0.3, 0.4) is 0 Å². The van der Waals surface area contributed by atoms with E-state index >= 15 is 0 Å². The van der Waals surface area contributed by atoms with E-state index in [9.17, 15) is 9.59 Å². The van der Waals surface area contributed by atoms with Gasteiger partial charge in [0.15, 0.2) is 0 Å². The van der Waals surface area contributed by atoms with Crippen LogP contribution in [0.1, 0.15) is 26.7 Å². The normalized spacial score (nSPS) is 28.7. The van der Waals surface area contributed by atoms with Crippen LogP contribution in [0.5, 0.6) is 0 Å². The first-order valence-electron chi connectivity index (χ1n) is 6.34. The summed E-state index contributed by atoms with van der Waals surface area (Å²) in [4.78, 5) is 26.0. The van der Waals surface area contributed by atoms with Crippen molar-refractivity contribution in [2.45, 2.75) is 32.2 Å². The van der Waals surface area contributed by atoms with Gasteiger partial charge in [0, 0.05) is 19.6 Å². The first kappa shape index (κ1) is 12.4. The Kier molecular flexibility index (Phi) is 3.38. The van der Waals surface area contributed by atoms with Crippen LogP contribution < -0.4 is 10.6 Å². The summed E-state index contributed by atoms with van der Waals surface area (Å²) in [6.45, 7) is 6.55. The third-order valence-corrected chi connectivity index (χ3v) is 3.76. The molecule has 0 aliphatic carbocycles. The largest absolute Gasteiger partial charge is 0.352 e. The van der Waals surface area contributed by atoms with Crippen LogP contribution in [0.4, 0.5) is 0 Å². The number of hydrogen-bond donors (Lipinski definition) is 2. The van der Waals surface area contributed by atoms with Gasteiger partial charge in [-0.05, 0) is 33.2 Å². The van der Waals surface area contributed by atoms with Crippen molar-refractivity contribution in [1.29, 1.82) is 0 Å². The van der Waals surface area contributed by atoms with Gasteiger partial charge in [0.05, 0.1) is 5.92 Å². The SMILES string of the molecule is CC1(C)C(=O)NCCN1C(=O)C1CCCNC1. The molecule has 2 heterocycles.